The van der Waals surface area contributed by atoms with Crippen molar-refractivity contribution in [1.82, 2.24) is 9.97 Å². The maximum Gasteiger partial charge on any atom is 0.251 e. The van der Waals surface area contributed by atoms with E-state index in [1.54, 1.807) is 0 Å². The normalized spacial score (nSPS) is 11.6. The van der Waals surface area contributed by atoms with Gasteiger partial charge < -0.3 is 15.9 Å². The van der Waals surface area contributed by atoms with Crippen molar-refractivity contribution in [2.75, 3.05) is 0 Å². The molecule has 6 nitrogen and oxygen atoms in total. The van der Waals surface area contributed by atoms with Crippen LogP contribution in [0.1, 0.15) is 5.56 Å². The first-order valence-electron chi connectivity index (χ1n) is 5.21. The Balaban J connectivity index is 2.41. The Hall–Kier alpha value is -2.42. The second-order valence-electron chi connectivity index (χ2n) is 3.60. The Morgan fingerprint density at radius 3 is 2.60 bits per heavy atom. The quantitative estimate of drug-likeness (QED) is 0.260. The van der Waals surface area contributed by atoms with Crippen molar-refractivity contribution in [1.29, 1.82) is 0 Å². The highest BCUT2D eigenvalue weighted by molar-refractivity contribution is 7.99. The zero-order chi connectivity index (χ0) is 14.7. The molecule has 4 N–H and O–H groups in total. The van der Waals surface area contributed by atoms with Crippen LogP contribution in [-0.4, -0.2) is 21.0 Å². The fourth-order valence-electron chi connectivity index (χ4n) is 1.36. The minimum Gasteiger partial charge on any atom is -0.409 e. The molecule has 1 heterocycles. The first-order valence-corrected chi connectivity index (χ1v) is 6.03. The monoisotopic (exact) mass is 298 g/mol. The molecule has 20 heavy (non-hydrogen) atoms. The van der Waals surface area contributed by atoms with Crippen LogP contribution in [0.4, 0.5) is 8.78 Å². The molecule has 0 radical (unpaired) electrons. The lowest BCUT2D eigenvalue weighted by molar-refractivity contribution is 0.318. The number of hydrogen-bond donors (Lipinski definition) is 3. The maximum atomic E-state index is 13.8. The van der Waals surface area contributed by atoms with Crippen LogP contribution in [0.15, 0.2) is 44.4 Å². The van der Waals surface area contributed by atoms with Crippen molar-refractivity contribution in [2.24, 2.45) is 10.9 Å². The molecule has 0 fully saturated rings. The fraction of sp³-hybridized carbons (Fsp3) is 0. The third-order valence-corrected chi connectivity index (χ3v) is 3.24. The van der Waals surface area contributed by atoms with Gasteiger partial charge in [0.15, 0.2) is 11.0 Å². The minimum absolute atomic E-state index is 0.0480. The van der Waals surface area contributed by atoms with E-state index in [0.29, 0.717) is 11.8 Å². The number of oxime groups is 1. The molecule has 0 spiro atoms. The van der Waals surface area contributed by atoms with E-state index in [9.17, 15) is 13.6 Å². The highest BCUT2D eigenvalue weighted by Crippen LogP contribution is 2.30. The SMILES string of the molecule is N/C(=N/O)c1cc(F)c(Sc2nccc(=O)[nH]2)c(F)c1. The van der Waals surface area contributed by atoms with Crippen LogP contribution in [0, 0.1) is 11.6 Å². The van der Waals surface area contributed by atoms with Crippen molar-refractivity contribution >= 4 is 17.6 Å². The number of rotatable bonds is 3. The Labute approximate surface area is 115 Å². The third-order valence-electron chi connectivity index (χ3n) is 2.25. The summed E-state index contributed by atoms with van der Waals surface area (Å²) in [5.74, 6) is -2.24. The number of nitrogens with one attached hydrogen (secondary N) is 1. The van der Waals surface area contributed by atoms with Gasteiger partial charge in [-0.1, -0.05) is 5.16 Å². The van der Waals surface area contributed by atoms with Gasteiger partial charge in [0.2, 0.25) is 0 Å². The molecule has 1 aromatic heterocycles. The lowest BCUT2D eigenvalue weighted by Crippen LogP contribution is -2.14. The van der Waals surface area contributed by atoms with Gasteiger partial charge in [-0.15, -0.1) is 0 Å². The van der Waals surface area contributed by atoms with Crippen LogP contribution in [0.5, 0.6) is 0 Å². The first kappa shape index (κ1) is 14.0. The number of aromatic nitrogens is 2. The minimum atomic E-state index is -0.914. The Morgan fingerprint density at radius 1 is 1.40 bits per heavy atom. The second-order valence-corrected chi connectivity index (χ2v) is 4.59. The van der Waals surface area contributed by atoms with Gasteiger partial charge in [-0.3, -0.25) is 4.79 Å². The predicted molar refractivity (Wildman–Crippen MR) is 67.8 cm³/mol. The highest BCUT2D eigenvalue weighted by Gasteiger charge is 2.15. The van der Waals surface area contributed by atoms with Gasteiger partial charge >= 0.3 is 0 Å². The van der Waals surface area contributed by atoms with Crippen molar-refractivity contribution < 1.29 is 14.0 Å². The maximum absolute atomic E-state index is 13.8. The fourth-order valence-corrected chi connectivity index (χ4v) is 2.13. The van der Waals surface area contributed by atoms with Crippen LogP contribution < -0.4 is 11.3 Å². The molecule has 0 aliphatic heterocycles. The molecule has 0 bridgehead atoms. The standard InChI is InChI=1S/C11H8F2N4O2S/c12-6-3-5(10(14)17-19)4-7(13)9(6)20-11-15-2-1-8(18)16-11/h1-4,19H,(H2,14,17)(H,15,16,18). The van der Waals surface area contributed by atoms with Gasteiger partial charge in [0, 0.05) is 17.8 Å². The number of benzene rings is 1. The largest absolute Gasteiger partial charge is 0.409 e. The average molecular weight is 298 g/mol. The van der Waals surface area contributed by atoms with E-state index in [2.05, 4.69) is 15.1 Å². The topological polar surface area (TPSA) is 104 Å². The molecule has 0 atom stereocenters. The zero-order valence-corrected chi connectivity index (χ0v) is 10.6. The zero-order valence-electron chi connectivity index (χ0n) is 9.80. The van der Waals surface area contributed by atoms with Gasteiger partial charge in [-0.2, -0.15) is 0 Å². The lowest BCUT2D eigenvalue weighted by Gasteiger charge is -2.06. The predicted octanol–water partition coefficient (Wildman–Crippen LogP) is 1.29. The van der Waals surface area contributed by atoms with Gasteiger partial charge in [0.05, 0.1) is 4.90 Å². The Kier molecular flexibility index (Phi) is 3.99. The summed E-state index contributed by atoms with van der Waals surface area (Å²) in [6.45, 7) is 0. The summed E-state index contributed by atoms with van der Waals surface area (Å²) in [5.41, 5.74) is 4.72. The van der Waals surface area contributed by atoms with Gasteiger partial charge in [-0.05, 0) is 23.9 Å². The summed E-state index contributed by atoms with van der Waals surface area (Å²) in [5, 5.41) is 11.2. The number of amidine groups is 1. The van der Waals surface area contributed by atoms with Crippen LogP contribution >= 0.6 is 11.8 Å². The molecular formula is C11H8F2N4O2S. The molecule has 0 unspecified atom stereocenters. The first-order chi connectivity index (χ1) is 9.51. The number of halogens is 2. The van der Waals surface area contributed by atoms with Crippen molar-refractivity contribution in [2.45, 2.75) is 10.1 Å². The molecule has 0 saturated carbocycles. The number of H-pyrrole nitrogens is 1. The molecule has 1 aromatic carbocycles. The van der Waals surface area contributed by atoms with Gasteiger partial charge in [0.1, 0.15) is 11.6 Å². The van der Waals surface area contributed by atoms with Crippen molar-refractivity contribution in [3.8, 4) is 0 Å². The molecular weight excluding hydrogens is 290 g/mol. The highest BCUT2D eigenvalue weighted by atomic mass is 32.2. The van der Waals surface area contributed by atoms with Crippen LogP contribution in [-0.2, 0) is 0 Å². The average Bonchev–Trinajstić information content (AvgIpc) is 2.42. The van der Waals surface area contributed by atoms with Crippen molar-refractivity contribution in [3.05, 3.63) is 51.9 Å². The summed E-state index contributed by atoms with van der Waals surface area (Å²) >= 11 is 0.623. The second kappa shape index (κ2) is 5.70. The van der Waals surface area contributed by atoms with Gasteiger partial charge in [-0.25, -0.2) is 13.8 Å². The molecule has 0 aliphatic carbocycles. The summed E-state index contributed by atoms with van der Waals surface area (Å²) in [4.78, 5) is 16.8. The Morgan fingerprint density at radius 2 is 2.05 bits per heavy atom. The van der Waals surface area contributed by atoms with Gasteiger partial charge in [0.25, 0.3) is 5.56 Å². The molecule has 0 aliphatic rings. The smallest absolute Gasteiger partial charge is 0.251 e. The molecule has 9 heteroatoms. The lowest BCUT2D eigenvalue weighted by atomic mass is 10.2. The number of nitrogens with two attached hydrogens (primary N) is 1. The van der Waals surface area contributed by atoms with E-state index in [-0.39, 0.29) is 15.6 Å². The summed E-state index contributed by atoms with van der Waals surface area (Å²) in [6.07, 6.45) is 1.22. The Bertz CT molecular complexity index is 709. The summed E-state index contributed by atoms with van der Waals surface area (Å²) < 4.78 is 27.6. The van der Waals surface area contributed by atoms with Crippen LogP contribution in [0.2, 0.25) is 0 Å². The number of hydrogen-bond acceptors (Lipinski definition) is 5. The van der Waals surface area contributed by atoms with Crippen molar-refractivity contribution in [3.63, 3.8) is 0 Å². The summed E-state index contributed by atoms with van der Waals surface area (Å²) in [6, 6.07) is 3.02. The van der Waals surface area contributed by atoms with E-state index in [0.717, 1.165) is 12.1 Å². The molecule has 0 amide bonds. The van der Waals surface area contributed by atoms with E-state index < -0.39 is 23.0 Å². The van der Waals surface area contributed by atoms with E-state index in [1.807, 2.05) is 0 Å². The number of aromatic amines is 1. The number of nitrogens with zero attached hydrogens (tertiary/aromatic N) is 2. The molecule has 0 saturated heterocycles. The van der Waals surface area contributed by atoms with E-state index in [1.165, 1.54) is 12.3 Å². The van der Waals surface area contributed by atoms with Crippen LogP contribution in [0.25, 0.3) is 0 Å². The van der Waals surface area contributed by atoms with E-state index >= 15 is 0 Å². The molecule has 104 valence electrons. The third kappa shape index (κ3) is 2.94. The summed E-state index contributed by atoms with van der Waals surface area (Å²) in [7, 11) is 0. The van der Waals surface area contributed by atoms with E-state index in [4.69, 9.17) is 10.9 Å². The van der Waals surface area contributed by atoms with Crippen LogP contribution in [0.3, 0.4) is 0 Å². The molecule has 2 rings (SSSR count). The molecule has 2 aromatic rings.